The van der Waals surface area contributed by atoms with E-state index in [9.17, 15) is 35.9 Å². The Bertz CT molecular complexity index is 1370. The van der Waals surface area contributed by atoms with Crippen LogP contribution in [0.25, 0.3) is 10.6 Å². The van der Waals surface area contributed by atoms with E-state index in [1.54, 1.807) is 0 Å². The van der Waals surface area contributed by atoms with Crippen molar-refractivity contribution in [2.24, 2.45) is 0 Å². The van der Waals surface area contributed by atoms with Gasteiger partial charge in [-0.1, -0.05) is 29.5 Å². The van der Waals surface area contributed by atoms with Gasteiger partial charge in [0.1, 0.15) is 10.0 Å². The fourth-order valence-corrected chi connectivity index (χ4v) is 4.88. The summed E-state index contributed by atoms with van der Waals surface area (Å²) in [5.41, 5.74) is -1.50. The molecule has 2 aromatic carbocycles. The standard InChI is InChI=1S/C25H23F6N5O3S/c1-35-8-10-36(11-9-35)14-21(38)32-18-12-15(6-7-20(18)39-25(29,30)31)19(37)13-22-33-34-23(40-22)16-4-2-3-5-17(16)24(26,27)28/h2-7,12H,8-11,13-14H2,1H3,(H,32,38). The summed E-state index contributed by atoms with van der Waals surface area (Å²) in [6.07, 6.45) is -10.0. The van der Waals surface area contributed by atoms with Crippen LogP contribution < -0.4 is 10.1 Å². The Kier molecular flexibility index (Phi) is 8.75. The summed E-state index contributed by atoms with van der Waals surface area (Å²) < 4.78 is 83.0. The van der Waals surface area contributed by atoms with Crippen LogP contribution in [-0.4, -0.2) is 77.8 Å². The average molecular weight is 588 g/mol. The largest absolute Gasteiger partial charge is 0.573 e. The zero-order valence-electron chi connectivity index (χ0n) is 21.0. The van der Waals surface area contributed by atoms with Gasteiger partial charge in [-0.2, -0.15) is 13.2 Å². The van der Waals surface area contributed by atoms with E-state index in [2.05, 4.69) is 25.2 Å². The SMILES string of the molecule is CN1CCN(CC(=O)Nc2cc(C(=O)Cc3nnc(-c4ccccc4C(F)(F)F)s3)ccc2OC(F)(F)F)CC1. The second-order valence-electron chi connectivity index (χ2n) is 9.03. The zero-order chi connectivity index (χ0) is 29.1. The number of carbonyl (C=O) groups is 2. The third-order valence-corrected chi connectivity index (χ3v) is 6.96. The average Bonchev–Trinajstić information content (AvgIpc) is 3.33. The van der Waals surface area contributed by atoms with Crippen LogP contribution in [0, 0.1) is 0 Å². The van der Waals surface area contributed by atoms with Crippen LogP contribution in [0.5, 0.6) is 5.75 Å². The number of benzene rings is 2. The van der Waals surface area contributed by atoms with Crippen LogP contribution in [0.2, 0.25) is 0 Å². The minimum atomic E-state index is -5.04. The number of anilines is 1. The molecule has 0 bridgehead atoms. The molecule has 1 aliphatic heterocycles. The topological polar surface area (TPSA) is 87.7 Å². The molecular weight excluding hydrogens is 564 g/mol. The molecule has 1 N–H and O–H groups in total. The maximum absolute atomic E-state index is 13.4. The highest BCUT2D eigenvalue weighted by Gasteiger charge is 2.35. The number of hydrogen-bond donors (Lipinski definition) is 1. The quantitative estimate of drug-likeness (QED) is 0.301. The Hall–Kier alpha value is -3.56. The van der Waals surface area contributed by atoms with Crippen molar-refractivity contribution in [3.8, 4) is 16.3 Å². The summed E-state index contributed by atoms with van der Waals surface area (Å²) in [7, 11) is 1.94. The first-order valence-corrected chi connectivity index (χ1v) is 12.7. The first kappa shape index (κ1) is 29.4. The van der Waals surface area contributed by atoms with E-state index in [1.165, 1.54) is 18.2 Å². The predicted molar refractivity (Wildman–Crippen MR) is 134 cm³/mol. The molecule has 214 valence electrons. The zero-order valence-corrected chi connectivity index (χ0v) is 21.8. The number of piperazine rings is 1. The van der Waals surface area contributed by atoms with E-state index >= 15 is 0 Å². The summed E-state index contributed by atoms with van der Waals surface area (Å²) >= 11 is 0.789. The van der Waals surface area contributed by atoms with Gasteiger partial charge in [0.15, 0.2) is 11.5 Å². The second-order valence-corrected chi connectivity index (χ2v) is 10.1. The van der Waals surface area contributed by atoms with Crippen LogP contribution in [0.1, 0.15) is 20.9 Å². The van der Waals surface area contributed by atoms with E-state index in [0.29, 0.717) is 13.1 Å². The minimum Gasteiger partial charge on any atom is -0.404 e. The number of halogens is 6. The highest BCUT2D eigenvalue weighted by atomic mass is 32.1. The molecule has 0 saturated carbocycles. The Morgan fingerprint density at radius 1 is 1.00 bits per heavy atom. The third-order valence-electron chi connectivity index (χ3n) is 6.01. The van der Waals surface area contributed by atoms with E-state index in [-0.39, 0.29) is 39.8 Å². The van der Waals surface area contributed by atoms with Crippen molar-refractivity contribution in [3.05, 3.63) is 58.6 Å². The van der Waals surface area contributed by atoms with Crippen LogP contribution in [0.4, 0.5) is 32.0 Å². The molecule has 2 heterocycles. The molecule has 1 amide bonds. The number of nitrogens with zero attached hydrogens (tertiary/aromatic N) is 4. The molecule has 1 saturated heterocycles. The molecule has 40 heavy (non-hydrogen) atoms. The van der Waals surface area contributed by atoms with Gasteiger partial charge in [-0.05, 0) is 31.3 Å². The number of rotatable bonds is 8. The number of Topliss-reactive ketones (excluding diaryl/α,β-unsaturated/α-hetero) is 1. The lowest BCUT2D eigenvalue weighted by molar-refractivity contribution is -0.274. The summed E-state index contributed by atoms with van der Waals surface area (Å²) in [5, 5.41) is 10.1. The van der Waals surface area contributed by atoms with Gasteiger partial charge >= 0.3 is 12.5 Å². The molecule has 0 atom stereocenters. The lowest BCUT2D eigenvalue weighted by atomic mass is 10.1. The maximum Gasteiger partial charge on any atom is 0.573 e. The monoisotopic (exact) mass is 587 g/mol. The van der Waals surface area contributed by atoms with Crippen LogP contribution >= 0.6 is 11.3 Å². The van der Waals surface area contributed by atoms with Gasteiger partial charge < -0.3 is 15.0 Å². The molecule has 1 fully saturated rings. The van der Waals surface area contributed by atoms with Crippen molar-refractivity contribution in [2.75, 3.05) is 45.1 Å². The molecule has 1 aromatic heterocycles. The minimum absolute atomic E-state index is 0.0403. The molecule has 15 heteroatoms. The molecule has 3 aromatic rings. The van der Waals surface area contributed by atoms with Crippen molar-refractivity contribution in [2.45, 2.75) is 19.0 Å². The molecular formula is C25H23F6N5O3S. The van der Waals surface area contributed by atoms with Crippen LogP contribution in [0.3, 0.4) is 0 Å². The van der Waals surface area contributed by atoms with Crippen molar-refractivity contribution in [1.82, 2.24) is 20.0 Å². The Balaban J connectivity index is 1.51. The number of carbonyl (C=O) groups excluding carboxylic acids is 2. The second kappa shape index (κ2) is 11.9. The Morgan fingerprint density at radius 3 is 2.38 bits per heavy atom. The number of nitrogens with one attached hydrogen (secondary N) is 1. The van der Waals surface area contributed by atoms with E-state index in [1.807, 2.05) is 11.9 Å². The number of aromatic nitrogens is 2. The lowest BCUT2D eigenvalue weighted by Crippen LogP contribution is -2.47. The fourth-order valence-electron chi connectivity index (χ4n) is 4.00. The normalized spacial score (nSPS) is 15.2. The van der Waals surface area contributed by atoms with Crippen LogP contribution in [-0.2, 0) is 17.4 Å². The summed E-state index contributed by atoms with van der Waals surface area (Å²) in [5.74, 6) is -1.88. The molecule has 0 radical (unpaired) electrons. The molecule has 0 spiro atoms. The lowest BCUT2D eigenvalue weighted by Gasteiger charge is -2.31. The predicted octanol–water partition coefficient (Wildman–Crippen LogP) is 4.73. The van der Waals surface area contributed by atoms with Crippen molar-refractivity contribution in [3.63, 3.8) is 0 Å². The van der Waals surface area contributed by atoms with E-state index < -0.39 is 35.5 Å². The molecule has 4 rings (SSSR count). The van der Waals surface area contributed by atoms with Gasteiger partial charge in [0, 0.05) is 37.3 Å². The highest BCUT2D eigenvalue weighted by molar-refractivity contribution is 7.14. The molecule has 0 unspecified atom stereocenters. The first-order chi connectivity index (χ1) is 18.8. The summed E-state index contributed by atoms with van der Waals surface area (Å²) in [6.45, 7) is 2.60. The van der Waals surface area contributed by atoms with Crippen molar-refractivity contribution in [1.29, 1.82) is 0 Å². The molecule has 0 aliphatic carbocycles. The number of alkyl halides is 6. The van der Waals surface area contributed by atoms with Crippen molar-refractivity contribution < 1.29 is 40.7 Å². The number of likely N-dealkylation sites (N-methyl/N-ethyl adjacent to an activating group) is 1. The van der Waals surface area contributed by atoms with Gasteiger partial charge in [0.2, 0.25) is 5.91 Å². The van der Waals surface area contributed by atoms with E-state index in [4.69, 9.17) is 0 Å². The van der Waals surface area contributed by atoms with Gasteiger partial charge in [-0.15, -0.1) is 23.4 Å². The Labute approximate surface area is 228 Å². The molecule has 1 aliphatic rings. The number of amides is 1. The van der Waals surface area contributed by atoms with E-state index in [0.717, 1.165) is 48.7 Å². The number of ether oxygens (including phenoxy) is 1. The maximum atomic E-state index is 13.4. The van der Waals surface area contributed by atoms with Gasteiger partial charge in [0.25, 0.3) is 0 Å². The van der Waals surface area contributed by atoms with Gasteiger partial charge in [0.05, 0.1) is 24.2 Å². The molecule has 8 nitrogen and oxygen atoms in total. The number of ketones is 1. The van der Waals surface area contributed by atoms with Gasteiger partial charge in [-0.3, -0.25) is 14.5 Å². The number of hydrogen-bond acceptors (Lipinski definition) is 8. The van der Waals surface area contributed by atoms with Gasteiger partial charge in [-0.25, -0.2) is 0 Å². The van der Waals surface area contributed by atoms with Crippen LogP contribution in [0.15, 0.2) is 42.5 Å². The summed E-state index contributed by atoms with van der Waals surface area (Å²) in [6, 6.07) is 7.88. The first-order valence-electron chi connectivity index (χ1n) is 11.9. The third kappa shape index (κ3) is 7.76. The Morgan fingerprint density at radius 2 is 1.70 bits per heavy atom. The summed E-state index contributed by atoms with van der Waals surface area (Å²) in [4.78, 5) is 29.5. The van der Waals surface area contributed by atoms with Crippen molar-refractivity contribution >= 4 is 28.7 Å². The fraction of sp³-hybridized carbons (Fsp3) is 0.360. The highest BCUT2D eigenvalue weighted by Crippen LogP contribution is 2.38. The smallest absolute Gasteiger partial charge is 0.404 e.